The lowest BCUT2D eigenvalue weighted by molar-refractivity contribution is 0.238. The van der Waals surface area contributed by atoms with E-state index in [4.69, 9.17) is 4.74 Å². The Balaban J connectivity index is 2.65. The largest absolute Gasteiger partial charge is 0.491 e. The third kappa shape index (κ3) is 5.17. The summed E-state index contributed by atoms with van der Waals surface area (Å²) in [5.74, 6) is 0.0325. The van der Waals surface area contributed by atoms with Crippen LogP contribution in [0.1, 0.15) is 26.3 Å². The second kappa shape index (κ2) is 6.87. The van der Waals surface area contributed by atoms with Gasteiger partial charge in [0.1, 0.15) is 0 Å². The Morgan fingerprint density at radius 1 is 1.37 bits per heavy atom. The van der Waals surface area contributed by atoms with Crippen molar-refractivity contribution >= 4 is 0 Å². The first-order valence-electron chi connectivity index (χ1n) is 6.66. The van der Waals surface area contributed by atoms with E-state index in [0.29, 0.717) is 18.9 Å². The molecule has 1 aromatic rings. The molecule has 0 saturated carbocycles. The number of benzene rings is 1. The molecule has 1 aromatic carbocycles. The summed E-state index contributed by atoms with van der Waals surface area (Å²) < 4.78 is 18.9. The molecule has 1 N–H and O–H groups in total. The van der Waals surface area contributed by atoms with E-state index in [1.807, 2.05) is 27.1 Å². The van der Waals surface area contributed by atoms with Crippen LogP contribution in [0.3, 0.4) is 0 Å². The summed E-state index contributed by atoms with van der Waals surface area (Å²) in [5, 5.41) is 3.26. The van der Waals surface area contributed by atoms with Crippen molar-refractivity contribution in [1.29, 1.82) is 0 Å². The van der Waals surface area contributed by atoms with Crippen LogP contribution < -0.4 is 10.1 Å². The normalized spacial score (nSPS) is 11.9. The predicted molar refractivity (Wildman–Crippen MR) is 77.0 cm³/mol. The van der Waals surface area contributed by atoms with Crippen molar-refractivity contribution in [3.8, 4) is 5.75 Å². The third-order valence-corrected chi connectivity index (χ3v) is 3.09. The molecule has 0 aromatic heterocycles. The Morgan fingerprint density at radius 2 is 2.05 bits per heavy atom. The zero-order valence-electron chi connectivity index (χ0n) is 12.6. The average Bonchev–Trinajstić information content (AvgIpc) is 2.32. The third-order valence-electron chi connectivity index (χ3n) is 3.09. The molecule has 19 heavy (non-hydrogen) atoms. The molecule has 0 spiro atoms. The highest BCUT2D eigenvalue weighted by Gasteiger charge is 2.17. The number of rotatable bonds is 7. The first-order valence-corrected chi connectivity index (χ1v) is 6.66. The summed E-state index contributed by atoms with van der Waals surface area (Å²) in [6, 6.07) is 5.16. The lowest BCUT2D eigenvalue weighted by Crippen LogP contribution is -2.46. The molecule has 0 aliphatic carbocycles. The van der Waals surface area contributed by atoms with E-state index in [9.17, 15) is 4.39 Å². The van der Waals surface area contributed by atoms with Crippen molar-refractivity contribution in [2.24, 2.45) is 0 Å². The predicted octanol–water partition coefficient (Wildman–Crippen LogP) is 2.65. The van der Waals surface area contributed by atoms with E-state index in [1.165, 1.54) is 0 Å². The Labute approximate surface area is 115 Å². The van der Waals surface area contributed by atoms with Crippen molar-refractivity contribution in [3.63, 3.8) is 0 Å². The van der Waals surface area contributed by atoms with Gasteiger partial charge in [0.25, 0.3) is 0 Å². The number of ether oxygens (including phenoxy) is 1. The maximum Gasteiger partial charge on any atom is 0.165 e. The van der Waals surface area contributed by atoms with Crippen LogP contribution in [-0.4, -0.2) is 37.7 Å². The summed E-state index contributed by atoms with van der Waals surface area (Å²) >= 11 is 0. The minimum absolute atomic E-state index is 0.0402. The van der Waals surface area contributed by atoms with Gasteiger partial charge < -0.3 is 15.0 Å². The average molecular weight is 268 g/mol. The standard InChI is InChI=1S/C15H25FN2O/c1-6-19-14-8-7-12(9-13(14)16)10-18(5)11-15(2,3)17-4/h7-9,17H,6,10-11H2,1-5H3. The highest BCUT2D eigenvalue weighted by Crippen LogP contribution is 2.19. The summed E-state index contributed by atoms with van der Waals surface area (Å²) in [5.41, 5.74) is 0.994. The van der Waals surface area contributed by atoms with Crippen LogP contribution in [0.25, 0.3) is 0 Å². The Hall–Kier alpha value is -1.13. The fraction of sp³-hybridized carbons (Fsp3) is 0.600. The van der Waals surface area contributed by atoms with Crippen LogP contribution >= 0.6 is 0 Å². The van der Waals surface area contributed by atoms with Crippen LogP contribution in [0.2, 0.25) is 0 Å². The molecule has 1 rings (SSSR count). The lowest BCUT2D eigenvalue weighted by Gasteiger charge is -2.30. The molecule has 0 aliphatic rings. The Morgan fingerprint density at radius 3 is 2.58 bits per heavy atom. The van der Waals surface area contributed by atoms with Gasteiger partial charge in [-0.25, -0.2) is 4.39 Å². The van der Waals surface area contributed by atoms with Gasteiger partial charge in [0.15, 0.2) is 11.6 Å². The zero-order chi connectivity index (χ0) is 14.5. The molecule has 0 radical (unpaired) electrons. The molecule has 0 aliphatic heterocycles. The fourth-order valence-corrected chi connectivity index (χ4v) is 2.04. The molecular weight excluding hydrogens is 243 g/mol. The Kier molecular flexibility index (Phi) is 5.76. The summed E-state index contributed by atoms with van der Waals surface area (Å²) in [4.78, 5) is 2.17. The number of nitrogens with zero attached hydrogens (tertiary/aromatic N) is 1. The van der Waals surface area contributed by atoms with Crippen LogP contribution in [0.4, 0.5) is 4.39 Å². The molecule has 0 heterocycles. The van der Waals surface area contributed by atoms with Gasteiger partial charge in [-0.05, 0) is 52.6 Å². The van der Waals surface area contributed by atoms with E-state index in [0.717, 1.165) is 12.1 Å². The van der Waals surface area contributed by atoms with Crippen molar-refractivity contribution in [2.75, 3.05) is 27.2 Å². The number of likely N-dealkylation sites (N-methyl/N-ethyl adjacent to an activating group) is 2. The van der Waals surface area contributed by atoms with Gasteiger partial charge in [-0.2, -0.15) is 0 Å². The summed E-state index contributed by atoms with van der Waals surface area (Å²) in [6.07, 6.45) is 0. The molecule has 0 amide bonds. The van der Waals surface area contributed by atoms with Gasteiger partial charge >= 0.3 is 0 Å². The van der Waals surface area contributed by atoms with Crippen LogP contribution in [0.5, 0.6) is 5.75 Å². The van der Waals surface area contributed by atoms with Gasteiger partial charge in [0, 0.05) is 18.6 Å². The van der Waals surface area contributed by atoms with E-state index >= 15 is 0 Å². The fourth-order valence-electron chi connectivity index (χ4n) is 2.04. The van der Waals surface area contributed by atoms with Crippen molar-refractivity contribution in [3.05, 3.63) is 29.6 Å². The van der Waals surface area contributed by atoms with E-state index < -0.39 is 0 Å². The molecule has 0 fully saturated rings. The summed E-state index contributed by atoms with van der Waals surface area (Å²) in [6.45, 7) is 8.21. The maximum atomic E-state index is 13.7. The second-order valence-corrected chi connectivity index (χ2v) is 5.50. The molecule has 0 bridgehead atoms. The number of halogens is 1. The smallest absolute Gasteiger partial charge is 0.165 e. The van der Waals surface area contributed by atoms with Crippen LogP contribution in [0.15, 0.2) is 18.2 Å². The Bertz CT molecular complexity index is 407. The summed E-state index contributed by atoms with van der Waals surface area (Å²) in [7, 11) is 3.98. The molecule has 0 saturated heterocycles. The molecule has 108 valence electrons. The number of nitrogens with one attached hydrogen (secondary N) is 1. The van der Waals surface area contributed by atoms with Crippen molar-refractivity contribution in [2.45, 2.75) is 32.9 Å². The zero-order valence-corrected chi connectivity index (χ0v) is 12.6. The monoisotopic (exact) mass is 268 g/mol. The van der Waals surface area contributed by atoms with Crippen molar-refractivity contribution in [1.82, 2.24) is 10.2 Å². The van der Waals surface area contributed by atoms with Gasteiger partial charge in [-0.3, -0.25) is 0 Å². The first-order chi connectivity index (χ1) is 8.88. The van der Waals surface area contributed by atoms with Crippen molar-refractivity contribution < 1.29 is 9.13 Å². The van der Waals surface area contributed by atoms with E-state index in [-0.39, 0.29) is 11.4 Å². The molecule has 3 nitrogen and oxygen atoms in total. The first kappa shape index (κ1) is 15.9. The lowest BCUT2D eigenvalue weighted by atomic mass is 10.1. The minimum Gasteiger partial charge on any atom is -0.491 e. The van der Waals surface area contributed by atoms with Gasteiger partial charge in [-0.1, -0.05) is 6.07 Å². The van der Waals surface area contributed by atoms with Gasteiger partial charge in [0.2, 0.25) is 0 Å². The van der Waals surface area contributed by atoms with E-state index in [1.54, 1.807) is 12.1 Å². The van der Waals surface area contributed by atoms with E-state index in [2.05, 4.69) is 24.1 Å². The molecule has 0 unspecified atom stereocenters. The number of hydrogen-bond acceptors (Lipinski definition) is 3. The van der Waals surface area contributed by atoms with Crippen LogP contribution in [0, 0.1) is 5.82 Å². The second-order valence-electron chi connectivity index (χ2n) is 5.50. The van der Waals surface area contributed by atoms with Gasteiger partial charge in [0.05, 0.1) is 6.61 Å². The molecular formula is C15H25FN2O. The molecule has 4 heteroatoms. The SMILES string of the molecule is CCOc1ccc(CN(C)CC(C)(C)NC)cc1F. The highest BCUT2D eigenvalue weighted by atomic mass is 19.1. The quantitative estimate of drug-likeness (QED) is 0.823. The van der Waals surface area contributed by atoms with Crippen LogP contribution in [-0.2, 0) is 6.54 Å². The number of hydrogen-bond donors (Lipinski definition) is 1. The minimum atomic E-state index is -0.291. The highest BCUT2D eigenvalue weighted by molar-refractivity contribution is 5.29. The molecule has 0 atom stereocenters. The maximum absolute atomic E-state index is 13.7. The topological polar surface area (TPSA) is 24.5 Å². The van der Waals surface area contributed by atoms with Gasteiger partial charge in [-0.15, -0.1) is 0 Å².